The van der Waals surface area contributed by atoms with Crippen molar-refractivity contribution in [3.8, 4) is 11.8 Å². The summed E-state index contributed by atoms with van der Waals surface area (Å²) in [7, 11) is 1.78. The van der Waals surface area contributed by atoms with E-state index < -0.39 is 0 Å². The van der Waals surface area contributed by atoms with E-state index >= 15 is 0 Å². The van der Waals surface area contributed by atoms with Gasteiger partial charge in [-0.1, -0.05) is 18.2 Å². The van der Waals surface area contributed by atoms with Crippen LogP contribution < -0.4 is 16.4 Å². The first kappa shape index (κ1) is 21.0. The van der Waals surface area contributed by atoms with Crippen LogP contribution in [0.15, 0.2) is 35.3 Å². The zero-order chi connectivity index (χ0) is 18.4. The molecule has 1 aromatic carbocycles. The lowest BCUT2D eigenvalue weighted by atomic mass is 10.1. The van der Waals surface area contributed by atoms with Crippen LogP contribution in [0.5, 0.6) is 0 Å². The number of aryl methyl sites for hydroxylation is 1. The second-order valence-corrected chi connectivity index (χ2v) is 6.49. The van der Waals surface area contributed by atoms with Crippen molar-refractivity contribution in [2.75, 3.05) is 25.9 Å². The average molecular weight is 479 g/mol. The number of rotatable bonds is 7. The number of anilines is 1. The summed E-state index contributed by atoms with van der Waals surface area (Å²) in [4.78, 5) is 4.23. The van der Waals surface area contributed by atoms with Crippen LogP contribution in [0.25, 0.3) is 5.69 Å². The first-order chi connectivity index (χ1) is 12.7. The second kappa shape index (κ2) is 10.2. The van der Waals surface area contributed by atoms with E-state index in [0.29, 0.717) is 17.8 Å². The smallest absolute Gasteiger partial charge is 0.190 e. The van der Waals surface area contributed by atoms with Gasteiger partial charge in [-0.25, -0.2) is 4.68 Å². The zero-order valence-corrected chi connectivity index (χ0v) is 17.8. The molecule has 3 rings (SSSR count). The molecule has 0 atom stereocenters. The highest BCUT2D eigenvalue weighted by Crippen LogP contribution is 2.27. The molecule has 0 bridgehead atoms. The van der Waals surface area contributed by atoms with Gasteiger partial charge in [-0.05, 0) is 43.7 Å². The van der Waals surface area contributed by atoms with Crippen LogP contribution in [-0.2, 0) is 6.42 Å². The van der Waals surface area contributed by atoms with Crippen molar-refractivity contribution < 1.29 is 0 Å². The molecule has 0 spiro atoms. The Morgan fingerprint density at radius 1 is 1.33 bits per heavy atom. The number of nitrogens with one attached hydrogen (secondary N) is 2. The lowest BCUT2D eigenvalue weighted by Gasteiger charge is -2.10. The van der Waals surface area contributed by atoms with Crippen LogP contribution in [-0.4, -0.2) is 35.9 Å². The molecule has 0 saturated heterocycles. The van der Waals surface area contributed by atoms with Gasteiger partial charge in [-0.3, -0.25) is 4.99 Å². The number of para-hydroxylation sites is 1. The van der Waals surface area contributed by atoms with E-state index in [4.69, 9.17) is 5.73 Å². The molecule has 1 aromatic heterocycles. The molecule has 1 heterocycles. The largest absolute Gasteiger partial charge is 0.382 e. The number of hydrogen-bond acceptors (Lipinski definition) is 4. The van der Waals surface area contributed by atoms with Gasteiger partial charge in [0.1, 0.15) is 17.5 Å². The minimum absolute atomic E-state index is 0. The second-order valence-electron chi connectivity index (χ2n) is 6.49. The van der Waals surface area contributed by atoms with Crippen molar-refractivity contribution in [1.82, 2.24) is 20.4 Å². The standard InChI is InChI=1S/C19H25N7.HI/c1-22-19(24-13-14-9-10-14)23-11-5-8-17-16(12-20)18(21)26(25-17)15-6-3-2-4-7-15;/h2-4,6-7,14H,5,8-11,13,21H2,1H3,(H2,22,23,24);1H. The summed E-state index contributed by atoms with van der Waals surface area (Å²) in [6.45, 7) is 1.74. The van der Waals surface area contributed by atoms with Crippen molar-refractivity contribution in [3.05, 3.63) is 41.6 Å². The molecule has 27 heavy (non-hydrogen) atoms. The lowest BCUT2D eigenvalue weighted by Crippen LogP contribution is -2.38. The molecule has 1 aliphatic carbocycles. The third kappa shape index (κ3) is 5.60. The van der Waals surface area contributed by atoms with E-state index in [1.807, 2.05) is 30.3 Å². The summed E-state index contributed by atoms with van der Waals surface area (Å²) in [5, 5.41) is 20.6. The molecule has 1 saturated carbocycles. The summed E-state index contributed by atoms with van der Waals surface area (Å²) in [6.07, 6.45) is 4.14. The van der Waals surface area contributed by atoms with Crippen LogP contribution in [0.4, 0.5) is 5.82 Å². The van der Waals surface area contributed by atoms with Crippen LogP contribution in [0.1, 0.15) is 30.5 Å². The van der Waals surface area contributed by atoms with Gasteiger partial charge in [0.25, 0.3) is 0 Å². The molecule has 0 aliphatic heterocycles. The molecule has 144 valence electrons. The zero-order valence-electron chi connectivity index (χ0n) is 15.5. The Labute approximate surface area is 177 Å². The Bertz CT molecular complexity index is 803. The van der Waals surface area contributed by atoms with Gasteiger partial charge in [0.2, 0.25) is 0 Å². The number of nitrogens with zero attached hydrogens (tertiary/aromatic N) is 4. The highest BCUT2D eigenvalue weighted by molar-refractivity contribution is 14.0. The summed E-state index contributed by atoms with van der Waals surface area (Å²) in [6, 6.07) is 11.8. The van der Waals surface area contributed by atoms with Crippen molar-refractivity contribution in [2.24, 2.45) is 10.9 Å². The Morgan fingerprint density at radius 2 is 2.07 bits per heavy atom. The van der Waals surface area contributed by atoms with Gasteiger partial charge in [0.05, 0.1) is 11.4 Å². The third-order valence-electron chi connectivity index (χ3n) is 4.47. The van der Waals surface area contributed by atoms with E-state index in [1.54, 1.807) is 11.7 Å². The maximum absolute atomic E-state index is 9.44. The summed E-state index contributed by atoms with van der Waals surface area (Å²) in [5.74, 6) is 2.02. The Balaban J connectivity index is 0.00000261. The molecule has 4 N–H and O–H groups in total. The Hall–Kier alpha value is -2.28. The summed E-state index contributed by atoms with van der Waals surface area (Å²) in [5.41, 5.74) is 8.18. The topological polar surface area (TPSA) is 104 Å². The SMILES string of the molecule is CN=C(NCCCc1nn(-c2ccccc2)c(N)c1C#N)NCC1CC1.I. The van der Waals surface area contributed by atoms with E-state index in [1.165, 1.54) is 12.8 Å². The van der Waals surface area contributed by atoms with E-state index in [9.17, 15) is 5.26 Å². The van der Waals surface area contributed by atoms with Gasteiger partial charge in [0.15, 0.2) is 5.96 Å². The number of nitriles is 1. The molecule has 8 heteroatoms. The van der Waals surface area contributed by atoms with Gasteiger partial charge in [-0.2, -0.15) is 10.4 Å². The van der Waals surface area contributed by atoms with Gasteiger partial charge in [0, 0.05) is 20.1 Å². The minimum Gasteiger partial charge on any atom is -0.382 e. The van der Waals surface area contributed by atoms with E-state index in [0.717, 1.165) is 42.8 Å². The molecule has 0 radical (unpaired) electrons. The fourth-order valence-corrected chi connectivity index (χ4v) is 2.79. The summed E-state index contributed by atoms with van der Waals surface area (Å²) < 4.78 is 1.64. The number of nitrogen functional groups attached to an aromatic ring is 1. The van der Waals surface area contributed by atoms with Crippen LogP contribution >= 0.6 is 24.0 Å². The fourth-order valence-electron chi connectivity index (χ4n) is 2.79. The number of guanidine groups is 1. The number of benzene rings is 1. The molecule has 2 aromatic rings. The fraction of sp³-hybridized carbons (Fsp3) is 0.421. The minimum atomic E-state index is 0. The van der Waals surface area contributed by atoms with Crippen LogP contribution in [0.2, 0.25) is 0 Å². The summed E-state index contributed by atoms with van der Waals surface area (Å²) >= 11 is 0. The number of halogens is 1. The first-order valence-electron chi connectivity index (χ1n) is 9.00. The number of hydrogen-bond donors (Lipinski definition) is 3. The van der Waals surface area contributed by atoms with E-state index in [-0.39, 0.29) is 24.0 Å². The maximum atomic E-state index is 9.44. The van der Waals surface area contributed by atoms with Gasteiger partial charge in [-0.15, -0.1) is 24.0 Å². The molecule has 1 fully saturated rings. The van der Waals surface area contributed by atoms with Crippen LogP contribution in [0, 0.1) is 17.2 Å². The highest BCUT2D eigenvalue weighted by Gasteiger charge is 2.21. The van der Waals surface area contributed by atoms with Crippen molar-refractivity contribution >= 4 is 35.8 Å². The molecule has 0 unspecified atom stereocenters. The van der Waals surface area contributed by atoms with E-state index in [2.05, 4.69) is 26.8 Å². The van der Waals surface area contributed by atoms with Crippen molar-refractivity contribution in [1.29, 1.82) is 5.26 Å². The monoisotopic (exact) mass is 479 g/mol. The third-order valence-corrected chi connectivity index (χ3v) is 4.47. The predicted molar refractivity (Wildman–Crippen MR) is 119 cm³/mol. The number of nitrogens with two attached hydrogens (primary N) is 1. The normalized spacial score (nSPS) is 13.6. The number of aliphatic imine (C=N–C) groups is 1. The Morgan fingerprint density at radius 3 is 2.70 bits per heavy atom. The molecular weight excluding hydrogens is 453 g/mol. The Kier molecular flexibility index (Phi) is 7.91. The van der Waals surface area contributed by atoms with Crippen molar-refractivity contribution in [3.63, 3.8) is 0 Å². The molecule has 7 nitrogen and oxygen atoms in total. The molecule has 1 aliphatic rings. The van der Waals surface area contributed by atoms with Crippen molar-refractivity contribution in [2.45, 2.75) is 25.7 Å². The van der Waals surface area contributed by atoms with Crippen LogP contribution in [0.3, 0.4) is 0 Å². The molecule has 0 amide bonds. The quantitative estimate of drug-likeness (QED) is 0.245. The van der Waals surface area contributed by atoms with Gasteiger partial charge >= 0.3 is 0 Å². The maximum Gasteiger partial charge on any atom is 0.190 e. The lowest BCUT2D eigenvalue weighted by molar-refractivity contribution is 0.704. The highest BCUT2D eigenvalue weighted by atomic mass is 127. The molecular formula is C19H26IN7. The van der Waals surface area contributed by atoms with Gasteiger partial charge < -0.3 is 16.4 Å². The number of aromatic nitrogens is 2. The predicted octanol–water partition coefficient (Wildman–Crippen LogP) is 2.45. The first-order valence-corrected chi connectivity index (χ1v) is 9.00. The average Bonchev–Trinajstić information content (AvgIpc) is 3.44.